The van der Waals surface area contributed by atoms with Crippen LogP contribution in [0.2, 0.25) is 0 Å². The molecule has 1 N–H and O–H groups in total. The van der Waals surface area contributed by atoms with E-state index in [1.165, 1.54) is 23.1 Å². The molecule has 0 spiro atoms. The fourth-order valence-electron chi connectivity index (χ4n) is 1.48. The predicted octanol–water partition coefficient (Wildman–Crippen LogP) is 0.652. The third-order valence-corrected chi connectivity index (χ3v) is 2.56. The van der Waals surface area contributed by atoms with Crippen molar-refractivity contribution in [1.82, 2.24) is 10.2 Å². The van der Waals surface area contributed by atoms with E-state index in [1.54, 1.807) is 0 Å². The van der Waals surface area contributed by atoms with E-state index in [0.717, 1.165) is 6.07 Å². The molecule has 19 heavy (non-hydrogen) atoms. The fourth-order valence-corrected chi connectivity index (χ4v) is 1.48. The summed E-state index contributed by atoms with van der Waals surface area (Å²) in [6, 6.07) is 5.73. The van der Waals surface area contributed by atoms with Crippen molar-refractivity contribution in [3.05, 3.63) is 39.9 Å². The third-order valence-electron chi connectivity index (χ3n) is 2.56. The first-order valence-corrected chi connectivity index (χ1v) is 5.29. The molecule has 8 nitrogen and oxygen atoms in total. The summed E-state index contributed by atoms with van der Waals surface area (Å²) in [5, 5.41) is 21.2. The molecule has 1 aliphatic heterocycles. The van der Waals surface area contributed by atoms with Gasteiger partial charge in [0.25, 0.3) is 11.6 Å². The van der Waals surface area contributed by atoms with Crippen molar-refractivity contribution in [1.29, 1.82) is 5.26 Å². The van der Waals surface area contributed by atoms with Gasteiger partial charge >= 0.3 is 6.03 Å². The van der Waals surface area contributed by atoms with Crippen LogP contribution in [-0.4, -0.2) is 34.3 Å². The fraction of sp³-hybridized carbons (Fsp3) is 0.182. The second-order valence-corrected chi connectivity index (χ2v) is 3.86. The predicted molar refractivity (Wildman–Crippen MR) is 62.1 cm³/mol. The number of rotatable bonds is 2. The Labute approximate surface area is 107 Å². The zero-order valence-corrected chi connectivity index (χ0v) is 9.57. The Hall–Kier alpha value is -2.95. The molecule has 0 radical (unpaired) electrons. The Kier molecular flexibility index (Phi) is 3.12. The highest BCUT2D eigenvalue weighted by Gasteiger charge is 2.39. The van der Waals surface area contributed by atoms with E-state index >= 15 is 0 Å². The van der Waals surface area contributed by atoms with Crippen molar-refractivity contribution in [3.8, 4) is 6.07 Å². The lowest BCUT2D eigenvalue weighted by molar-refractivity contribution is -0.384. The summed E-state index contributed by atoms with van der Waals surface area (Å²) in [7, 11) is 0. The number of amides is 3. The minimum Gasteiger partial charge on any atom is -0.303 e. The smallest absolute Gasteiger partial charge is 0.303 e. The van der Waals surface area contributed by atoms with Crippen LogP contribution in [0.3, 0.4) is 0 Å². The number of urea groups is 1. The molecular formula is C11H8N4O4. The number of hydrogen-bond acceptors (Lipinski definition) is 5. The number of nitro groups is 1. The number of nitrogens with zero attached hydrogens (tertiary/aromatic N) is 3. The Morgan fingerprint density at radius 1 is 1.53 bits per heavy atom. The molecular weight excluding hydrogens is 252 g/mol. The maximum atomic E-state index is 11.7. The number of benzene rings is 1. The van der Waals surface area contributed by atoms with Crippen LogP contribution < -0.4 is 5.32 Å². The van der Waals surface area contributed by atoms with Crippen LogP contribution in [0.4, 0.5) is 10.5 Å². The van der Waals surface area contributed by atoms with Gasteiger partial charge in [-0.2, -0.15) is 5.26 Å². The number of non-ortho nitro benzene ring substituents is 1. The van der Waals surface area contributed by atoms with E-state index in [1.807, 2.05) is 6.07 Å². The van der Waals surface area contributed by atoms with Gasteiger partial charge in [0.05, 0.1) is 17.5 Å². The topological polar surface area (TPSA) is 116 Å². The van der Waals surface area contributed by atoms with Crippen molar-refractivity contribution in [2.45, 2.75) is 6.04 Å². The van der Waals surface area contributed by atoms with Crippen molar-refractivity contribution in [3.63, 3.8) is 0 Å². The lowest BCUT2D eigenvalue weighted by Gasteiger charge is -2.04. The molecule has 1 heterocycles. The summed E-state index contributed by atoms with van der Waals surface area (Å²) >= 11 is 0. The average Bonchev–Trinajstić information content (AvgIpc) is 3.18. The van der Waals surface area contributed by atoms with Gasteiger partial charge in [0.2, 0.25) is 0 Å². The number of imide groups is 1. The summed E-state index contributed by atoms with van der Waals surface area (Å²) in [5.41, 5.74) is -0.223. The second kappa shape index (κ2) is 4.73. The van der Waals surface area contributed by atoms with Gasteiger partial charge in [0, 0.05) is 17.7 Å². The van der Waals surface area contributed by atoms with Crippen molar-refractivity contribution < 1.29 is 14.5 Å². The summed E-state index contributed by atoms with van der Waals surface area (Å²) in [4.78, 5) is 34.3. The number of nitriles is 1. The zero-order valence-electron chi connectivity index (χ0n) is 9.57. The molecule has 0 aliphatic carbocycles. The van der Waals surface area contributed by atoms with Gasteiger partial charge in [-0.05, 0) is 6.07 Å². The number of nitrogens with one attached hydrogen (secondary N) is 1. The molecule has 2 rings (SSSR count). The van der Waals surface area contributed by atoms with Crippen LogP contribution in [0.1, 0.15) is 10.4 Å². The zero-order chi connectivity index (χ0) is 14.0. The molecule has 0 saturated carbocycles. The first-order chi connectivity index (χ1) is 9.02. The van der Waals surface area contributed by atoms with E-state index in [4.69, 9.17) is 5.26 Å². The molecule has 1 aliphatic rings. The van der Waals surface area contributed by atoms with Gasteiger partial charge in [-0.25, -0.2) is 4.79 Å². The minimum atomic E-state index is -0.739. The lowest BCUT2D eigenvalue weighted by atomic mass is 10.2. The van der Waals surface area contributed by atoms with Gasteiger partial charge in [0.15, 0.2) is 0 Å². The normalized spacial score (nSPS) is 16.4. The highest BCUT2D eigenvalue weighted by molar-refractivity contribution is 6.05. The van der Waals surface area contributed by atoms with E-state index in [9.17, 15) is 19.7 Å². The average molecular weight is 260 g/mol. The van der Waals surface area contributed by atoms with Crippen LogP contribution in [0.5, 0.6) is 0 Å². The minimum absolute atomic E-state index is 0.0120. The van der Waals surface area contributed by atoms with E-state index < -0.39 is 22.9 Å². The number of carbonyl (C=O) groups excluding carboxylic acids is 2. The Morgan fingerprint density at radius 3 is 2.84 bits per heavy atom. The van der Waals surface area contributed by atoms with Crippen LogP contribution >= 0.6 is 0 Å². The van der Waals surface area contributed by atoms with Gasteiger partial charge < -0.3 is 4.90 Å². The largest absolute Gasteiger partial charge is 0.325 e. The number of carbonyl (C=O) groups is 2. The number of hydrogen-bond donors (Lipinski definition) is 1. The van der Waals surface area contributed by atoms with Crippen molar-refractivity contribution in [2.24, 2.45) is 0 Å². The summed E-state index contributed by atoms with van der Waals surface area (Å²) in [6.07, 6.45) is 0. The molecule has 96 valence electrons. The molecule has 0 bridgehead atoms. The quantitative estimate of drug-likeness (QED) is 0.476. The van der Waals surface area contributed by atoms with Crippen LogP contribution in [-0.2, 0) is 0 Å². The molecule has 1 fully saturated rings. The lowest BCUT2D eigenvalue weighted by Crippen LogP contribution is -2.34. The molecule has 3 amide bonds. The highest BCUT2D eigenvalue weighted by atomic mass is 16.6. The second-order valence-electron chi connectivity index (χ2n) is 3.86. The third kappa shape index (κ3) is 2.66. The Morgan fingerprint density at radius 2 is 2.26 bits per heavy atom. The Balaban J connectivity index is 2.04. The van der Waals surface area contributed by atoms with Gasteiger partial charge in [0.1, 0.15) is 6.04 Å². The summed E-state index contributed by atoms with van der Waals surface area (Å²) in [6.45, 7) is 0.282. The molecule has 1 saturated heterocycles. The number of nitro benzene ring substituents is 1. The summed E-state index contributed by atoms with van der Waals surface area (Å²) in [5.74, 6) is -0.739. The molecule has 1 aromatic rings. The van der Waals surface area contributed by atoms with Crippen molar-refractivity contribution in [2.75, 3.05) is 6.54 Å². The maximum Gasteiger partial charge on any atom is 0.325 e. The van der Waals surface area contributed by atoms with Crippen LogP contribution in [0, 0.1) is 21.4 Å². The molecule has 0 aromatic heterocycles. The molecule has 1 aromatic carbocycles. The molecule has 8 heteroatoms. The van der Waals surface area contributed by atoms with E-state index in [2.05, 4.69) is 5.32 Å². The van der Waals surface area contributed by atoms with E-state index in [0.29, 0.717) is 0 Å². The van der Waals surface area contributed by atoms with Crippen LogP contribution in [0.15, 0.2) is 24.3 Å². The van der Waals surface area contributed by atoms with Crippen molar-refractivity contribution >= 4 is 17.6 Å². The van der Waals surface area contributed by atoms with Gasteiger partial charge in [-0.3, -0.25) is 20.2 Å². The highest BCUT2D eigenvalue weighted by Crippen LogP contribution is 2.16. The van der Waals surface area contributed by atoms with Gasteiger partial charge in [-0.1, -0.05) is 6.07 Å². The van der Waals surface area contributed by atoms with Crippen LogP contribution in [0.25, 0.3) is 0 Å². The SMILES string of the molecule is N#CC1CN1C(=O)NC(=O)c1cccc([N+](=O)[O-])c1. The monoisotopic (exact) mass is 260 g/mol. The first kappa shape index (κ1) is 12.5. The molecule has 1 unspecified atom stereocenters. The first-order valence-electron chi connectivity index (χ1n) is 5.29. The maximum absolute atomic E-state index is 11.7. The Bertz CT molecular complexity index is 607. The summed E-state index contributed by atoms with van der Waals surface area (Å²) < 4.78 is 0. The molecule has 1 atom stereocenters. The standard InChI is InChI=1S/C11H8N4O4/c12-5-9-6-14(9)11(17)13-10(16)7-2-1-3-8(4-7)15(18)19/h1-4,9H,6H2,(H,13,16,17). The van der Waals surface area contributed by atoms with E-state index in [-0.39, 0.29) is 17.8 Å². The van der Waals surface area contributed by atoms with Gasteiger partial charge in [-0.15, -0.1) is 0 Å².